The average molecular weight is 217 g/mol. The van der Waals surface area contributed by atoms with Crippen LogP contribution in [-0.4, -0.2) is 36.9 Å². The lowest BCUT2D eigenvalue weighted by Crippen LogP contribution is -2.36. The summed E-state index contributed by atoms with van der Waals surface area (Å²) in [6.07, 6.45) is 1.94. The molecule has 0 aromatic rings. The highest BCUT2D eigenvalue weighted by Crippen LogP contribution is 2.02. The Hall–Kier alpha value is -0.610. The fourth-order valence-electron chi connectivity index (χ4n) is 1.21. The fourth-order valence-corrected chi connectivity index (χ4v) is 1.21. The van der Waals surface area contributed by atoms with Crippen LogP contribution in [0.3, 0.4) is 0 Å². The van der Waals surface area contributed by atoms with E-state index in [1.807, 2.05) is 6.92 Å². The molecule has 0 aromatic heterocycles. The van der Waals surface area contributed by atoms with Crippen molar-refractivity contribution in [2.24, 2.45) is 5.92 Å². The van der Waals surface area contributed by atoms with Crippen LogP contribution < -0.4 is 5.32 Å². The summed E-state index contributed by atoms with van der Waals surface area (Å²) in [5, 5.41) is 11.9. The molecule has 0 aliphatic rings. The largest absolute Gasteiger partial charge is 0.465 e. The van der Waals surface area contributed by atoms with E-state index in [0.717, 1.165) is 19.4 Å². The highest BCUT2D eigenvalue weighted by molar-refractivity contribution is 5.75. The molecule has 0 amide bonds. The zero-order valence-electron chi connectivity index (χ0n) is 9.95. The van der Waals surface area contributed by atoms with Gasteiger partial charge >= 0.3 is 5.97 Å². The van der Waals surface area contributed by atoms with Gasteiger partial charge in [-0.15, -0.1) is 0 Å². The third-order valence-corrected chi connectivity index (χ3v) is 2.28. The molecule has 2 unspecified atom stereocenters. The molecule has 2 N–H and O–H groups in total. The summed E-state index contributed by atoms with van der Waals surface area (Å²) in [5.74, 6) is 0.136. The van der Waals surface area contributed by atoms with E-state index in [0.29, 0.717) is 12.5 Å². The Labute approximate surface area is 92.0 Å². The third kappa shape index (κ3) is 7.33. The standard InChI is InChI=1S/C11H23NO3/c1-4-15-11(14)10(3)12-7-5-6-9(2)8-13/h9-10,12-13H,4-8H2,1-3H3. The van der Waals surface area contributed by atoms with Crippen LogP contribution in [-0.2, 0) is 9.53 Å². The number of nitrogens with one attached hydrogen (secondary N) is 1. The van der Waals surface area contributed by atoms with Gasteiger partial charge in [-0.2, -0.15) is 0 Å². The van der Waals surface area contributed by atoms with Crippen molar-refractivity contribution in [2.75, 3.05) is 19.8 Å². The first-order valence-electron chi connectivity index (χ1n) is 5.62. The Kier molecular flexibility index (Phi) is 8.33. The van der Waals surface area contributed by atoms with E-state index in [4.69, 9.17) is 9.84 Å². The van der Waals surface area contributed by atoms with Gasteiger partial charge in [-0.1, -0.05) is 6.92 Å². The lowest BCUT2D eigenvalue weighted by molar-refractivity contribution is -0.145. The predicted molar refractivity (Wildman–Crippen MR) is 59.6 cm³/mol. The van der Waals surface area contributed by atoms with Crippen LogP contribution in [0, 0.1) is 5.92 Å². The van der Waals surface area contributed by atoms with Gasteiger partial charge in [-0.05, 0) is 39.2 Å². The molecule has 0 aliphatic heterocycles. The second kappa shape index (κ2) is 8.68. The van der Waals surface area contributed by atoms with Crippen LogP contribution in [0.15, 0.2) is 0 Å². The van der Waals surface area contributed by atoms with Crippen LogP contribution in [0.1, 0.15) is 33.6 Å². The minimum atomic E-state index is -0.241. The van der Waals surface area contributed by atoms with Crippen molar-refractivity contribution in [1.29, 1.82) is 0 Å². The first-order chi connectivity index (χ1) is 7.11. The molecule has 0 aromatic carbocycles. The second-order valence-electron chi connectivity index (χ2n) is 3.86. The molecule has 0 saturated heterocycles. The summed E-state index contributed by atoms with van der Waals surface area (Å²) in [4.78, 5) is 11.2. The van der Waals surface area contributed by atoms with Crippen molar-refractivity contribution < 1.29 is 14.6 Å². The first kappa shape index (κ1) is 14.4. The second-order valence-corrected chi connectivity index (χ2v) is 3.86. The molecular weight excluding hydrogens is 194 g/mol. The topological polar surface area (TPSA) is 58.6 Å². The number of hydrogen-bond acceptors (Lipinski definition) is 4. The third-order valence-electron chi connectivity index (χ3n) is 2.28. The first-order valence-corrected chi connectivity index (χ1v) is 5.62. The molecule has 0 saturated carbocycles. The van der Waals surface area contributed by atoms with Crippen LogP contribution in [0.4, 0.5) is 0 Å². The predicted octanol–water partition coefficient (Wildman–Crippen LogP) is 0.936. The molecule has 0 fully saturated rings. The number of aliphatic hydroxyl groups excluding tert-OH is 1. The van der Waals surface area contributed by atoms with Gasteiger partial charge in [0.05, 0.1) is 6.61 Å². The molecule has 0 spiro atoms. The zero-order valence-corrected chi connectivity index (χ0v) is 9.95. The maximum atomic E-state index is 11.2. The highest BCUT2D eigenvalue weighted by Gasteiger charge is 2.12. The number of ether oxygens (including phenoxy) is 1. The Morgan fingerprint density at radius 3 is 2.67 bits per heavy atom. The molecule has 0 aliphatic carbocycles. The highest BCUT2D eigenvalue weighted by atomic mass is 16.5. The van der Waals surface area contributed by atoms with Gasteiger partial charge in [0.25, 0.3) is 0 Å². The molecule has 15 heavy (non-hydrogen) atoms. The molecule has 4 heteroatoms. The van der Waals surface area contributed by atoms with Gasteiger partial charge in [0.2, 0.25) is 0 Å². The Bertz CT molecular complexity index is 173. The maximum Gasteiger partial charge on any atom is 0.322 e. The van der Waals surface area contributed by atoms with E-state index < -0.39 is 0 Å². The van der Waals surface area contributed by atoms with Gasteiger partial charge in [0, 0.05) is 6.61 Å². The quantitative estimate of drug-likeness (QED) is 0.469. The summed E-state index contributed by atoms with van der Waals surface area (Å²) < 4.78 is 4.86. The SMILES string of the molecule is CCOC(=O)C(C)NCCCC(C)CO. The van der Waals surface area contributed by atoms with E-state index in [1.54, 1.807) is 13.8 Å². The summed E-state index contributed by atoms with van der Waals surface area (Å²) in [6, 6.07) is -0.241. The smallest absolute Gasteiger partial charge is 0.322 e. The van der Waals surface area contributed by atoms with E-state index in [9.17, 15) is 4.79 Å². The number of hydrogen-bond donors (Lipinski definition) is 2. The minimum absolute atomic E-state index is 0.201. The van der Waals surface area contributed by atoms with E-state index in [1.165, 1.54) is 0 Å². The van der Waals surface area contributed by atoms with Crippen molar-refractivity contribution in [1.82, 2.24) is 5.32 Å². The van der Waals surface area contributed by atoms with Crippen molar-refractivity contribution in [3.8, 4) is 0 Å². The lowest BCUT2D eigenvalue weighted by atomic mass is 10.1. The van der Waals surface area contributed by atoms with Gasteiger partial charge in [-0.3, -0.25) is 4.79 Å². The maximum absolute atomic E-state index is 11.2. The van der Waals surface area contributed by atoms with Crippen molar-refractivity contribution in [3.05, 3.63) is 0 Å². The van der Waals surface area contributed by atoms with Crippen LogP contribution >= 0.6 is 0 Å². The van der Waals surface area contributed by atoms with Crippen LogP contribution in [0.2, 0.25) is 0 Å². The number of aliphatic hydroxyl groups is 1. The number of rotatable bonds is 8. The lowest BCUT2D eigenvalue weighted by Gasteiger charge is -2.13. The normalized spacial score (nSPS) is 14.7. The summed E-state index contributed by atoms with van der Waals surface area (Å²) in [6.45, 7) is 7.04. The average Bonchev–Trinajstić information content (AvgIpc) is 2.23. The molecule has 0 heterocycles. The van der Waals surface area contributed by atoms with Gasteiger partial charge in [0.15, 0.2) is 0 Å². The minimum Gasteiger partial charge on any atom is -0.465 e. The number of carbonyl (C=O) groups excluding carboxylic acids is 1. The Morgan fingerprint density at radius 2 is 2.13 bits per heavy atom. The molecule has 0 bridgehead atoms. The van der Waals surface area contributed by atoms with Gasteiger partial charge in [0.1, 0.15) is 6.04 Å². The van der Waals surface area contributed by atoms with Crippen molar-refractivity contribution in [2.45, 2.75) is 39.7 Å². The summed E-state index contributed by atoms with van der Waals surface area (Å²) >= 11 is 0. The van der Waals surface area contributed by atoms with E-state index >= 15 is 0 Å². The number of carbonyl (C=O) groups is 1. The Morgan fingerprint density at radius 1 is 1.47 bits per heavy atom. The molecular formula is C11H23NO3. The Balaban J connectivity index is 3.46. The van der Waals surface area contributed by atoms with E-state index in [2.05, 4.69) is 5.32 Å². The molecule has 0 radical (unpaired) electrons. The van der Waals surface area contributed by atoms with Crippen molar-refractivity contribution in [3.63, 3.8) is 0 Å². The van der Waals surface area contributed by atoms with E-state index in [-0.39, 0.29) is 18.6 Å². The van der Waals surface area contributed by atoms with Crippen molar-refractivity contribution >= 4 is 5.97 Å². The fraction of sp³-hybridized carbons (Fsp3) is 0.909. The monoisotopic (exact) mass is 217 g/mol. The summed E-state index contributed by atoms with van der Waals surface area (Å²) in [7, 11) is 0. The number of esters is 1. The zero-order chi connectivity index (χ0) is 11.7. The van der Waals surface area contributed by atoms with Gasteiger partial charge < -0.3 is 15.2 Å². The molecule has 2 atom stereocenters. The van der Waals surface area contributed by atoms with Crippen LogP contribution in [0.25, 0.3) is 0 Å². The molecule has 90 valence electrons. The molecule has 0 rings (SSSR count). The van der Waals surface area contributed by atoms with Crippen LogP contribution in [0.5, 0.6) is 0 Å². The van der Waals surface area contributed by atoms with Gasteiger partial charge in [-0.25, -0.2) is 0 Å². The molecule has 4 nitrogen and oxygen atoms in total. The summed E-state index contributed by atoms with van der Waals surface area (Å²) in [5.41, 5.74) is 0.